The van der Waals surface area contributed by atoms with E-state index in [4.69, 9.17) is 10.00 Å². The van der Waals surface area contributed by atoms with Crippen LogP contribution in [0.25, 0.3) is 0 Å². The van der Waals surface area contributed by atoms with Crippen molar-refractivity contribution in [1.82, 2.24) is 4.98 Å². The van der Waals surface area contributed by atoms with Crippen LogP contribution < -0.4 is 4.74 Å². The van der Waals surface area contributed by atoms with Gasteiger partial charge >= 0.3 is 5.97 Å². The molecule has 2 rings (SSSR count). The van der Waals surface area contributed by atoms with Gasteiger partial charge in [0.2, 0.25) is 5.88 Å². The van der Waals surface area contributed by atoms with Crippen LogP contribution >= 0.6 is 0 Å². The maximum atomic E-state index is 13.2. The van der Waals surface area contributed by atoms with Crippen LogP contribution in [0.15, 0.2) is 36.5 Å². The Kier molecular flexibility index (Phi) is 3.91. The summed E-state index contributed by atoms with van der Waals surface area (Å²) in [5.41, 5.74) is -0.0177. The summed E-state index contributed by atoms with van der Waals surface area (Å²) in [5.74, 6) is -1.02. The van der Waals surface area contributed by atoms with Gasteiger partial charge in [0, 0.05) is 12.3 Å². The Morgan fingerprint density at radius 2 is 2.20 bits per heavy atom. The number of nitriles is 1. The first-order valence-corrected chi connectivity index (χ1v) is 5.56. The molecule has 0 unspecified atom stereocenters. The normalized spacial score (nSPS) is 9.65. The van der Waals surface area contributed by atoms with E-state index in [1.165, 1.54) is 31.5 Å². The number of benzene rings is 1. The number of nitrogens with zero attached hydrogens (tertiary/aromatic N) is 2. The van der Waals surface area contributed by atoms with E-state index in [0.29, 0.717) is 0 Å². The molecule has 0 saturated heterocycles. The van der Waals surface area contributed by atoms with Gasteiger partial charge in [-0.1, -0.05) is 0 Å². The van der Waals surface area contributed by atoms with Crippen molar-refractivity contribution in [3.05, 3.63) is 53.5 Å². The Morgan fingerprint density at radius 1 is 1.40 bits per heavy atom. The Bertz CT molecular complexity index is 695. The first-order chi connectivity index (χ1) is 9.65. The van der Waals surface area contributed by atoms with E-state index in [0.717, 1.165) is 6.07 Å². The van der Waals surface area contributed by atoms with Crippen LogP contribution in [-0.4, -0.2) is 18.1 Å². The lowest BCUT2D eigenvalue weighted by atomic mass is 10.2. The summed E-state index contributed by atoms with van der Waals surface area (Å²) in [6, 6.07) is 8.42. The number of hydrogen-bond acceptors (Lipinski definition) is 5. The van der Waals surface area contributed by atoms with Gasteiger partial charge in [-0.25, -0.2) is 14.2 Å². The highest BCUT2D eigenvalue weighted by molar-refractivity contribution is 5.91. The molecule has 0 fully saturated rings. The molecule has 0 bridgehead atoms. The highest BCUT2D eigenvalue weighted by Gasteiger charge is 2.15. The van der Waals surface area contributed by atoms with Crippen molar-refractivity contribution < 1.29 is 18.7 Å². The topological polar surface area (TPSA) is 72.2 Å². The molecule has 0 spiro atoms. The van der Waals surface area contributed by atoms with Gasteiger partial charge in [-0.3, -0.25) is 0 Å². The molecule has 20 heavy (non-hydrogen) atoms. The van der Waals surface area contributed by atoms with Gasteiger partial charge in [0.1, 0.15) is 23.2 Å². The van der Waals surface area contributed by atoms with Gasteiger partial charge in [0.05, 0.1) is 12.7 Å². The van der Waals surface area contributed by atoms with Crippen molar-refractivity contribution >= 4 is 5.97 Å². The molecule has 0 aliphatic carbocycles. The number of pyridine rings is 1. The fraction of sp³-hybridized carbons (Fsp3) is 0.0714. The second-order valence-corrected chi connectivity index (χ2v) is 3.70. The minimum atomic E-state index is -0.644. The van der Waals surface area contributed by atoms with Gasteiger partial charge in [-0.05, 0) is 24.3 Å². The summed E-state index contributed by atoms with van der Waals surface area (Å²) in [6.07, 6.45) is 1.44. The molecule has 1 aromatic heterocycles. The number of carbonyl (C=O) groups is 1. The highest BCUT2D eigenvalue weighted by Crippen LogP contribution is 2.25. The number of halogens is 1. The summed E-state index contributed by atoms with van der Waals surface area (Å²) < 4.78 is 23.2. The molecule has 100 valence electrons. The van der Waals surface area contributed by atoms with Gasteiger partial charge in [-0.2, -0.15) is 5.26 Å². The van der Waals surface area contributed by atoms with Gasteiger partial charge in [-0.15, -0.1) is 0 Å². The van der Waals surface area contributed by atoms with Crippen LogP contribution in [0.2, 0.25) is 0 Å². The number of hydrogen-bond donors (Lipinski definition) is 0. The molecule has 5 nitrogen and oxygen atoms in total. The first kappa shape index (κ1) is 13.5. The van der Waals surface area contributed by atoms with Crippen LogP contribution in [0.3, 0.4) is 0 Å². The molecule has 0 radical (unpaired) electrons. The minimum absolute atomic E-state index is 0.0230. The Labute approximate surface area is 114 Å². The van der Waals surface area contributed by atoms with Crippen LogP contribution in [0.1, 0.15) is 15.9 Å². The molecule has 0 amide bonds. The predicted octanol–water partition coefficient (Wildman–Crippen LogP) is 2.67. The van der Waals surface area contributed by atoms with Crippen LogP contribution in [0.4, 0.5) is 4.39 Å². The van der Waals surface area contributed by atoms with E-state index in [1.54, 1.807) is 12.1 Å². The third kappa shape index (κ3) is 2.72. The molecule has 2 aromatic rings. The second-order valence-electron chi connectivity index (χ2n) is 3.70. The SMILES string of the molecule is COC(=O)c1cccnc1Oc1ccc(F)c(C#N)c1. The molecule has 1 heterocycles. The quantitative estimate of drug-likeness (QED) is 0.803. The fourth-order valence-corrected chi connectivity index (χ4v) is 1.50. The molecule has 6 heteroatoms. The lowest BCUT2D eigenvalue weighted by Crippen LogP contribution is -2.04. The number of esters is 1. The number of rotatable bonds is 3. The zero-order valence-corrected chi connectivity index (χ0v) is 10.5. The largest absolute Gasteiger partial charge is 0.465 e. The molecule has 1 aromatic carbocycles. The summed E-state index contributed by atoms with van der Waals surface area (Å²) in [6.45, 7) is 0. The predicted molar refractivity (Wildman–Crippen MR) is 66.8 cm³/mol. The third-order valence-electron chi connectivity index (χ3n) is 2.45. The van der Waals surface area contributed by atoms with Crippen molar-refractivity contribution in [2.75, 3.05) is 7.11 Å². The zero-order chi connectivity index (χ0) is 14.5. The second kappa shape index (κ2) is 5.80. The fourth-order valence-electron chi connectivity index (χ4n) is 1.50. The maximum Gasteiger partial charge on any atom is 0.343 e. The molecular formula is C14H9FN2O3. The summed E-state index contributed by atoms with van der Waals surface area (Å²) in [5, 5.41) is 8.75. The van der Waals surface area contributed by atoms with E-state index in [9.17, 15) is 9.18 Å². The summed E-state index contributed by atoms with van der Waals surface area (Å²) in [7, 11) is 1.24. The lowest BCUT2D eigenvalue weighted by Gasteiger charge is -2.08. The van der Waals surface area contributed by atoms with E-state index in [1.807, 2.05) is 0 Å². The van der Waals surface area contributed by atoms with Crippen molar-refractivity contribution in [1.29, 1.82) is 5.26 Å². The number of carbonyl (C=O) groups excluding carboxylic acids is 1. The smallest absolute Gasteiger partial charge is 0.343 e. The molecule has 0 saturated carbocycles. The lowest BCUT2D eigenvalue weighted by molar-refractivity contribution is 0.0597. The number of aromatic nitrogens is 1. The van der Waals surface area contributed by atoms with Crippen molar-refractivity contribution in [2.45, 2.75) is 0 Å². The van der Waals surface area contributed by atoms with Crippen LogP contribution in [0.5, 0.6) is 11.6 Å². The van der Waals surface area contributed by atoms with Crippen molar-refractivity contribution in [3.8, 4) is 17.7 Å². The van der Waals surface area contributed by atoms with Crippen molar-refractivity contribution in [3.63, 3.8) is 0 Å². The van der Waals surface area contributed by atoms with Crippen LogP contribution in [0, 0.1) is 17.1 Å². The Morgan fingerprint density at radius 3 is 2.90 bits per heavy atom. The third-order valence-corrected chi connectivity index (χ3v) is 2.45. The average Bonchev–Trinajstić information content (AvgIpc) is 2.49. The highest BCUT2D eigenvalue weighted by atomic mass is 19.1. The molecule has 0 atom stereocenters. The molecule has 0 aliphatic rings. The molecule has 0 aliphatic heterocycles. The summed E-state index contributed by atoms with van der Waals surface area (Å²) >= 11 is 0. The van der Waals surface area contributed by atoms with E-state index in [-0.39, 0.29) is 22.8 Å². The average molecular weight is 272 g/mol. The minimum Gasteiger partial charge on any atom is -0.465 e. The van der Waals surface area contributed by atoms with E-state index < -0.39 is 11.8 Å². The summed E-state index contributed by atoms with van der Waals surface area (Å²) in [4.78, 5) is 15.5. The number of methoxy groups -OCH3 is 1. The van der Waals surface area contributed by atoms with Gasteiger partial charge in [0.25, 0.3) is 0 Å². The maximum absolute atomic E-state index is 13.2. The zero-order valence-electron chi connectivity index (χ0n) is 10.5. The first-order valence-electron chi connectivity index (χ1n) is 5.56. The molecule has 0 N–H and O–H groups in total. The Balaban J connectivity index is 2.36. The van der Waals surface area contributed by atoms with Crippen molar-refractivity contribution in [2.24, 2.45) is 0 Å². The van der Waals surface area contributed by atoms with E-state index in [2.05, 4.69) is 9.72 Å². The molecular weight excluding hydrogens is 263 g/mol. The number of ether oxygens (including phenoxy) is 2. The standard InChI is InChI=1S/C14H9FN2O3/c1-19-14(18)11-3-2-6-17-13(11)20-10-4-5-12(15)9(7-10)8-16/h2-7H,1H3. The van der Waals surface area contributed by atoms with Crippen LogP contribution in [-0.2, 0) is 4.74 Å². The monoisotopic (exact) mass is 272 g/mol. The van der Waals surface area contributed by atoms with Gasteiger partial charge < -0.3 is 9.47 Å². The van der Waals surface area contributed by atoms with E-state index >= 15 is 0 Å². The Hall–Kier alpha value is -2.94. The van der Waals surface area contributed by atoms with Gasteiger partial charge in [0.15, 0.2) is 0 Å².